The molecule has 0 aliphatic carbocycles. The van der Waals surface area contributed by atoms with Crippen molar-refractivity contribution in [1.29, 1.82) is 0 Å². The maximum absolute atomic E-state index is 14.0. The fourth-order valence-corrected chi connectivity index (χ4v) is 4.93. The molecule has 45 heavy (non-hydrogen) atoms. The molecule has 4 rings (SSSR count). The molecule has 6 N–H and O–H groups in total. The summed E-state index contributed by atoms with van der Waals surface area (Å²) in [5.74, 6) is -1.14. The Hall–Kier alpha value is -5.00. The molecular weight excluding hydrogens is 576 g/mol. The summed E-state index contributed by atoms with van der Waals surface area (Å²) in [6.07, 6.45) is 1.66. The third-order valence-corrected chi connectivity index (χ3v) is 7.08. The minimum Gasteiger partial charge on any atom is -0.450 e. The van der Waals surface area contributed by atoms with Gasteiger partial charge in [-0.05, 0) is 64.8 Å². The molecule has 2 atom stereocenters. The monoisotopic (exact) mass is 618 g/mol. The van der Waals surface area contributed by atoms with Crippen LogP contribution in [0.1, 0.15) is 52.7 Å². The summed E-state index contributed by atoms with van der Waals surface area (Å²) < 4.78 is 10.4. The van der Waals surface area contributed by atoms with E-state index in [1.165, 1.54) is 13.8 Å². The molecule has 0 aliphatic heterocycles. The summed E-state index contributed by atoms with van der Waals surface area (Å²) in [5.41, 5.74) is 1.28. The molecule has 0 aliphatic rings. The van der Waals surface area contributed by atoms with Gasteiger partial charge in [-0.25, -0.2) is 9.59 Å². The van der Waals surface area contributed by atoms with Crippen molar-refractivity contribution in [3.05, 3.63) is 72.1 Å². The highest BCUT2D eigenvalue weighted by atomic mass is 16.6. The number of H-pyrrole nitrogens is 2. The number of rotatable bonds is 11. The third kappa shape index (κ3) is 8.78. The highest BCUT2D eigenvalue weighted by molar-refractivity contribution is 5.94. The molecule has 12 heteroatoms. The second-order valence-corrected chi connectivity index (χ2v) is 12.3. The van der Waals surface area contributed by atoms with E-state index in [0.29, 0.717) is 0 Å². The Morgan fingerprint density at radius 2 is 1.31 bits per heavy atom. The Balaban J connectivity index is 1.59. The number of para-hydroxylation sites is 2. The number of amides is 4. The number of nitrogens with one attached hydrogen (secondary N) is 6. The van der Waals surface area contributed by atoms with Gasteiger partial charge in [0.1, 0.15) is 23.3 Å². The van der Waals surface area contributed by atoms with Gasteiger partial charge in [0.15, 0.2) is 0 Å². The molecule has 2 aromatic carbocycles. The summed E-state index contributed by atoms with van der Waals surface area (Å²) in [7, 11) is 0. The lowest BCUT2D eigenvalue weighted by atomic mass is 10.0. The van der Waals surface area contributed by atoms with E-state index in [2.05, 4.69) is 31.2 Å². The summed E-state index contributed by atoms with van der Waals surface area (Å²) in [4.78, 5) is 58.9. The largest absolute Gasteiger partial charge is 0.450 e. The van der Waals surface area contributed by atoms with Crippen LogP contribution in [0.15, 0.2) is 60.9 Å². The molecule has 0 fully saturated rings. The first-order chi connectivity index (χ1) is 21.3. The molecule has 0 saturated carbocycles. The van der Waals surface area contributed by atoms with Gasteiger partial charge in [-0.15, -0.1) is 0 Å². The molecule has 0 bridgehead atoms. The predicted octanol–water partition coefficient (Wildman–Crippen LogP) is 4.41. The number of ether oxygens (including phenoxy) is 2. The zero-order valence-corrected chi connectivity index (χ0v) is 26.5. The Kier molecular flexibility index (Phi) is 10.1. The van der Waals surface area contributed by atoms with E-state index < -0.39 is 47.3 Å². The molecule has 2 aromatic heterocycles. The normalized spacial score (nSPS) is 13.1. The SMILES string of the molecule is CCOC(=O)N[C@@H](Cc1c[nH]c2ccccc12)NC(=O)[C@@H](Cc1c[nH]c2ccccc12)NC(=O)C(C)(C)NC(=O)OC(C)(C)C. The molecule has 12 nitrogen and oxygen atoms in total. The number of hydrogen-bond acceptors (Lipinski definition) is 6. The Bertz CT molecular complexity index is 1670. The number of benzene rings is 2. The zero-order chi connectivity index (χ0) is 32.8. The minimum atomic E-state index is -1.42. The van der Waals surface area contributed by atoms with Crippen LogP contribution in [0.5, 0.6) is 0 Å². The van der Waals surface area contributed by atoms with Crippen molar-refractivity contribution in [3.63, 3.8) is 0 Å². The van der Waals surface area contributed by atoms with Gasteiger partial charge < -0.3 is 40.7 Å². The van der Waals surface area contributed by atoms with Crippen molar-refractivity contribution < 1.29 is 28.7 Å². The molecule has 2 heterocycles. The van der Waals surface area contributed by atoms with E-state index >= 15 is 0 Å². The van der Waals surface area contributed by atoms with E-state index in [-0.39, 0.29) is 19.4 Å². The molecule has 4 amide bonds. The smallest absolute Gasteiger partial charge is 0.408 e. The lowest BCUT2D eigenvalue weighted by molar-refractivity contribution is -0.132. The fourth-order valence-electron chi connectivity index (χ4n) is 4.93. The number of hydrogen-bond donors (Lipinski definition) is 6. The first-order valence-corrected chi connectivity index (χ1v) is 14.9. The Morgan fingerprint density at radius 1 is 0.756 bits per heavy atom. The first kappa shape index (κ1) is 32.9. The maximum Gasteiger partial charge on any atom is 0.408 e. The molecule has 240 valence electrons. The lowest BCUT2D eigenvalue weighted by Crippen LogP contribution is -2.61. The predicted molar refractivity (Wildman–Crippen MR) is 171 cm³/mol. The van der Waals surface area contributed by atoms with Crippen molar-refractivity contribution in [2.24, 2.45) is 0 Å². The van der Waals surface area contributed by atoms with Gasteiger partial charge in [-0.1, -0.05) is 36.4 Å². The number of fused-ring (bicyclic) bond motifs is 2. The number of aromatic nitrogens is 2. The topological polar surface area (TPSA) is 166 Å². The van der Waals surface area contributed by atoms with Gasteiger partial charge in [0.05, 0.1) is 6.61 Å². The van der Waals surface area contributed by atoms with Crippen molar-refractivity contribution in [1.82, 2.24) is 31.2 Å². The van der Waals surface area contributed by atoms with Crippen LogP contribution in [0.3, 0.4) is 0 Å². The van der Waals surface area contributed by atoms with E-state index in [0.717, 1.165) is 32.9 Å². The molecule has 0 radical (unpaired) electrons. The Labute approximate surface area is 262 Å². The van der Waals surface area contributed by atoms with Crippen LogP contribution >= 0.6 is 0 Å². The van der Waals surface area contributed by atoms with Crippen LogP contribution in [0.4, 0.5) is 9.59 Å². The van der Waals surface area contributed by atoms with Gasteiger partial charge >= 0.3 is 12.2 Å². The van der Waals surface area contributed by atoms with E-state index in [9.17, 15) is 19.2 Å². The number of aromatic amines is 2. The summed E-state index contributed by atoms with van der Waals surface area (Å²) in [5, 5.41) is 12.9. The molecular formula is C33H42N6O6. The standard InChI is InChI=1S/C33H42N6O6/c1-7-44-30(42)38-27(17-21-19-35-25-15-11-9-13-23(21)25)37-28(40)26(16-20-18-34-24-14-10-8-12-22(20)24)36-29(41)33(5,6)39-31(43)45-32(2,3)4/h8-15,18-19,26-27,34-35H,7,16-17H2,1-6H3,(H,36,41)(H,37,40)(H,38,42)(H,39,43)/t26-,27+/m1/s1. The highest BCUT2D eigenvalue weighted by Crippen LogP contribution is 2.21. The number of carbonyl (C=O) groups excluding carboxylic acids is 4. The van der Waals surface area contributed by atoms with Crippen LogP contribution in [-0.2, 0) is 31.9 Å². The summed E-state index contributed by atoms with van der Waals surface area (Å²) >= 11 is 0. The zero-order valence-electron chi connectivity index (χ0n) is 26.5. The number of carbonyl (C=O) groups is 4. The quantitative estimate of drug-likeness (QED) is 0.136. The van der Waals surface area contributed by atoms with E-state index in [1.807, 2.05) is 54.7 Å². The van der Waals surface area contributed by atoms with Gasteiger partial charge in [0, 0.05) is 47.0 Å². The Morgan fingerprint density at radius 3 is 1.87 bits per heavy atom. The van der Waals surface area contributed by atoms with E-state index in [4.69, 9.17) is 9.47 Å². The van der Waals surface area contributed by atoms with Crippen LogP contribution in [0.25, 0.3) is 21.8 Å². The lowest BCUT2D eigenvalue weighted by Gasteiger charge is -2.30. The van der Waals surface area contributed by atoms with Crippen molar-refractivity contribution in [2.75, 3.05) is 6.61 Å². The van der Waals surface area contributed by atoms with Crippen LogP contribution in [-0.4, -0.2) is 63.9 Å². The highest BCUT2D eigenvalue weighted by Gasteiger charge is 2.35. The first-order valence-electron chi connectivity index (χ1n) is 14.9. The number of alkyl carbamates (subject to hydrolysis) is 2. The maximum atomic E-state index is 14.0. The van der Waals surface area contributed by atoms with Crippen LogP contribution in [0.2, 0.25) is 0 Å². The second kappa shape index (κ2) is 13.7. The van der Waals surface area contributed by atoms with Gasteiger partial charge in [0.25, 0.3) is 0 Å². The van der Waals surface area contributed by atoms with Gasteiger partial charge in [-0.3, -0.25) is 9.59 Å². The molecule has 0 spiro atoms. The van der Waals surface area contributed by atoms with Crippen molar-refractivity contribution in [3.8, 4) is 0 Å². The van der Waals surface area contributed by atoms with Gasteiger partial charge in [0.2, 0.25) is 11.8 Å². The van der Waals surface area contributed by atoms with Crippen molar-refractivity contribution >= 4 is 45.8 Å². The van der Waals surface area contributed by atoms with Crippen LogP contribution < -0.4 is 21.3 Å². The summed E-state index contributed by atoms with van der Waals surface area (Å²) in [6, 6.07) is 14.3. The van der Waals surface area contributed by atoms with E-state index in [1.54, 1.807) is 33.9 Å². The average Bonchev–Trinajstić information content (AvgIpc) is 3.55. The average molecular weight is 619 g/mol. The minimum absolute atomic E-state index is 0.128. The molecule has 0 saturated heterocycles. The second-order valence-electron chi connectivity index (χ2n) is 12.3. The summed E-state index contributed by atoms with van der Waals surface area (Å²) in [6.45, 7) is 10.0. The van der Waals surface area contributed by atoms with Gasteiger partial charge in [-0.2, -0.15) is 0 Å². The van der Waals surface area contributed by atoms with Crippen LogP contribution in [0, 0.1) is 0 Å². The molecule has 4 aromatic rings. The molecule has 0 unspecified atom stereocenters. The fraction of sp³-hybridized carbons (Fsp3) is 0.394. The van der Waals surface area contributed by atoms with Crippen molar-refractivity contribution in [2.45, 2.75) is 77.7 Å². The third-order valence-electron chi connectivity index (χ3n) is 7.08.